The van der Waals surface area contributed by atoms with Crippen molar-refractivity contribution in [3.63, 3.8) is 0 Å². The van der Waals surface area contributed by atoms with Gasteiger partial charge in [0, 0.05) is 138 Å². The summed E-state index contributed by atoms with van der Waals surface area (Å²) in [4.78, 5) is 143. The molecule has 24 nitrogen and oxygen atoms in total. The maximum Gasteiger partial charge on any atom is 0.243 e. The number of imidazole rings is 1. The van der Waals surface area contributed by atoms with Crippen molar-refractivity contribution in [2.75, 3.05) is 10.6 Å². The fourth-order valence-electron chi connectivity index (χ4n) is 15.4. The Hall–Kier alpha value is -13.9. The number of rotatable bonds is 31. The highest BCUT2D eigenvalue weighted by Crippen LogP contribution is 2.33. The quantitative estimate of drug-likeness (QED) is 0.0194. The van der Waals surface area contributed by atoms with Crippen LogP contribution in [0.5, 0.6) is 0 Å². The molecule has 114 heavy (non-hydrogen) atoms. The number of unbranched alkanes of at least 4 members (excludes halogenated alkanes) is 1. The van der Waals surface area contributed by atoms with Crippen LogP contribution in [-0.2, 0) is 90.1 Å². The van der Waals surface area contributed by atoms with Gasteiger partial charge < -0.3 is 72.8 Å². The van der Waals surface area contributed by atoms with Crippen LogP contribution in [0.1, 0.15) is 101 Å². The summed E-state index contributed by atoms with van der Waals surface area (Å²) in [6.07, 6.45) is 12.1. The van der Waals surface area contributed by atoms with Gasteiger partial charge in [0.1, 0.15) is 41.6 Å². The molecule has 14 N–H and O–H groups in total. The normalized spacial score (nSPS) is 13.6. The number of pyridine rings is 1. The van der Waals surface area contributed by atoms with Gasteiger partial charge in [-0.2, -0.15) is 0 Å². The van der Waals surface area contributed by atoms with E-state index in [-0.39, 0.29) is 70.4 Å². The lowest BCUT2D eigenvalue weighted by atomic mass is 10.00. The summed E-state index contributed by atoms with van der Waals surface area (Å²) in [5.41, 5.74) is 25.8. The Kier molecular flexibility index (Phi) is 22.6. The van der Waals surface area contributed by atoms with Crippen molar-refractivity contribution in [1.82, 2.24) is 66.4 Å². The molecule has 7 heterocycles. The summed E-state index contributed by atoms with van der Waals surface area (Å²) in [5, 5.41) is 21.7. The number of carbonyl (C=O) groups excluding carboxylic acids is 8. The minimum atomic E-state index is -1.57. The Morgan fingerprint density at radius 1 is 0.465 bits per heavy atom. The molecule has 0 saturated heterocycles. The molecule has 0 aliphatic carbocycles. The van der Waals surface area contributed by atoms with Crippen LogP contribution in [0.2, 0.25) is 0 Å². The SMILES string of the molecule is CCCCc1nc2c(N)nc3ccccc3c2n1Cc1ccc(CNC(=O)CC[C@H](NC(=O)[C@H](Cc2c[nH]c3ccccc23)NC(=O)[C@H](Cc2c[nH]c3ccccc23)NC(=O)CCC(=O)N2Cc3ccccc3/C=C\c3ccccc32)C(=O)N[C@@H](Cc2c[nH]c3ccccc23)C(=O)N[C@@H](Cc2c[nH]c3ccccc23)C(N)=O)cc1. The first-order valence-electron chi connectivity index (χ1n) is 38.6. The van der Waals surface area contributed by atoms with Crippen LogP contribution in [0.4, 0.5) is 11.5 Å². The highest BCUT2D eigenvalue weighted by atomic mass is 16.2. The number of nitrogen functional groups attached to an aromatic ring is 1. The predicted molar refractivity (Wildman–Crippen MR) is 444 cm³/mol. The van der Waals surface area contributed by atoms with E-state index in [1.807, 2.05) is 206 Å². The Morgan fingerprint density at radius 3 is 1.48 bits per heavy atom. The van der Waals surface area contributed by atoms with Gasteiger partial charge in [0.15, 0.2) is 5.82 Å². The van der Waals surface area contributed by atoms with Gasteiger partial charge in [-0.1, -0.05) is 183 Å². The minimum Gasteiger partial charge on any atom is -0.382 e. The molecule has 0 unspecified atom stereocenters. The van der Waals surface area contributed by atoms with Crippen LogP contribution in [-0.4, -0.2) is 112 Å². The van der Waals surface area contributed by atoms with Crippen molar-refractivity contribution >= 4 is 136 Å². The number of H-pyrrole nitrogens is 4. The first-order chi connectivity index (χ1) is 55.6. The molecule has 0 fully saturated rings. The van der Waals surface area contributed by atoms with Gasteiger partial charge in [-0.05, 0) is 99.3 Å². The Morgan fingerprint density at radius 2 is 0.921 bits per heavy atom. The lowest BCUT2D eigenvalue weighted by Crippen LogP contribution is -2.60. The lowest BCUT2D eigenvalue weighted by molar-refractivity contribution is -0.135. The Bertz CT molecular complexity index is 5990. The van der Waals surface area contributed by atoms with E-state index >= 15 is 19.2 Å². The largest absolute Gasteiger partial charge is 0.382 e. The number of nitrogens with two attached hydrogens (primary N) is 2. The van der Waals surface area contributed by atoms with Gasteiger partial charge >= 0.3 is 0 Å². The van der Waals surface area contributed by atoms with Crippen molar-refractivity contribution in [2.24, 2.45) is 5.73 Å². The van der Waals surface area contributed by atoms with E-state index in [0.29, 0.717) is 45.8 Å². The number of primary amides is 1. The third-order valence-corrected chi connectivity index (χ3v) is 21.5. The monoisotopic (exact) mass is 1520 g/mol. The van der Waals surface area contributed by atoms with Crippen molar-refractivity contribution in [2.45, 2.75) is 127 Å². The standard InChI is InChI=1S/C90H88N16O8/c1-2-3-32-79-104-83-84(67-25-11-16-30-72(67)99-85(83)91)106(79)52-55-35-33-54(34-36-55)47-97-80(107)40-39-73(87(111)102-77(46-62-51-96-71-29-15-10-24-66(62)71)90(114)101-74(86(92)110)43-59-48-93-68-26-12-7-21-63(59)68)100-89(113)76(45-61-50-95-70-28-14-9-23-65(61)70)103-88(112)75(44-60-49-94-69-27-13-8-22-64(60)69)98-81(108)41-42-82(109)105-53-58-20-5-4-18-56(58)37-38-57-19-6-17-31-78(57)105/h4-31,33-38,48-51,73-77,93-96H,2-3,32,39-47,52-53H2,1H3,(H2,91,99)(H2,92,110)(H,97,107)(H,98,108)(H,100,113)(H,101,114)(H,102,111)(H,103,112)/b38-37-/t73-,74-,75-,76-,77-/m0/s1. The third-order valence-electron chi connectivity index (χ3n) is 21.5. The summed E-state index contributed by atoms with van der Waals surface area (Å²) < 4.78 is 2.21. The molecule has 6 aromatic heterocycles. The molecule has 0 saturated carbocycles. The van der Waals surface area contributed by atoms with Crippen LogP contribution in [0, 0.1) is 0 Å². The minimum absolute atomic E-state index is 0.00303. The number of fused-ring (bicyclic) bond motifs is 9. The number of benzene rings is 8. The highest BCUT2D eigenvalue weighted by molar-refractivity contribution is 6.07. The molecule has 1 aliphatic heterocycles. The van der Waals surface area contributed by atoms with E-state index < -0.39 is 71.6 Å². The van der Waals surface area contributed by atoms with Gasteiger partial charge in [-0.3, -0.25) is 38.4 Å². The summed E-state index contributed by atoms with van der Waals surface area (Å²) in [6, 6.07) is 53.9. The van der Waals surface area contributed by atoms with E-state index in [4.69, 9.17) is 16.5 Å². The van der Waals surface area contributed by atoms with Gasteiger partial charge in [-0.25, -0.2) is 9.97 Å². The number of anilines is 2. The maximum atomic E-state index is 15.8. The number of nitrogens with zero attached hydrogens (tertiary/aromatic N) is 4. The molecule has 8 amide bonds. The number of aryl methyl sites for hydroxylation is 1. The molecule has 15 rings (SSSR count). The molecule has 0 spiro atoms. The van der Waals surface area contributed by atoms with E-state index in [1.165, 1.54) is 0 Å². The Labute approximate surface area is 656 Å². The summed E-state index contributed by atoms with van der Waals surface area (Å²) >= 11 is 0. The topological polar surface area (TPSA) is 358 Å². The zero-order chi connectivity index (χ0) is 78.8. The molecule has 0 bridgehead atoms. The fraction of sp³-hybridized carbons (Fsp3) is 0.222. The van der Waals surface area contributed by atoms with Crippen molar-refractivity contribution in [1.29, 1.82) is 0 Å². The van der Waals surface area contributed by atoms with Crippen LogP contribution in [0.15, 0.2) is 219 Å². The summed E-state index contributed by atoms with van der Waals surface area (Å²) in [7, 11) is 0. The molecule has 8 aromatic carbocycles. The molecule has 5 atom stereocenters. The molecule has 1 aliphatic rings. The summed E-state index contributed by atoms with van der Waals surface area (Å²) in [6.45, 7) is 2.98. The number of amides is 8. The molecule has 14 aromatic rings. The number of para-hydroxylation sites is 6. The maximum absolute atomic E-state index is 15.8. The molecule has 576 valence electrons. The van der Waals surface area contributed by atoms with Gasteiger partial charge in [0.25, 0.3) is 0 Å². The number of aromatic nitrogens is 7. The molecule has 24 heteroatoms. The van der Waals surface area contributed by atoms with Crippen LogP contribution >= 0.6 is 0 Å². The summed E-state index contributed by atoms with van der Waals surface area (Å²) in [5.74, 6) is -4.19. The third kappa shape index (κ3) is 17.0. The zero-order valence-electron chi connectivity index (χ0n) is 62.9. The smallest absolute Gasteiger partial charge is 0.243 e. The lowest BCUT2D eigenvalue weighted by Gasteiger charge is -2.28. The molecular formula is C90H88N16O8. The van der Waals surface area contributed by atoms with E-state index in [9.17, 15) is 19.2 Å². The van der Waals surface area contributed by atoms with E-state index in [0.717, 1.165) is 113 Å². The molecule has 0 radical (unpaired) electrons. The average molecular weight is 1520 g/mol. The zero-order valence-corrected chi connectivity index (χ0v) is 62.9. The first kappa shape index (κ1) is 75.5. The fourth-order valence-corrected chi connectivity index (χ4v) is 15.4. The van der Waals surface area contributed by atoms with Crippen LogP contribution in [0.25, 0.3) is 77.7 Å². The van der Waals surface area contributed by atoms with Crippen molar-refractivity contribution in [3.8, 4) is 0 Å². The van der Waals surface area contributed by atoms with Gasteiger partial charge in [-0.15, -0.1) is 0 Å². The number of carbonyl (C=O) groups is 8. The van der Waals surface area contributed by atoms with Crippen LogP contribution < -0.4 is 48.3 Å². The van der Waals surface area contributed by atoms with Gasteiger partial charge in [0.05, 0.1) is 23.3 Å². The second-order valence-electron chi connectivity index (χ2n) is 29.2. The van der Waals surface area contributed by atoms with Gasteiger partial charge in [0.2, 0.25) is 47.3 Å². The second-order valence-corrected chi connectivity index (χ2v) is 29.2. The number of hydrogen-bond acceptors (Lipinski definition) is 11. The number of hydrogen-bond donors (Lipinski definition) is 12. The van der Waals surface area contributed by atoms with Crippen molar-refractivity contribution in [3.05, 3.63) is 275 Å². The number of nitrogens with one attached hydrogen (secondary N) is 10. The first-order valence-corrected chi connectivity index (χ1v) is 38.6. The average Bonchev–Trinajstić information content (AvgIpc) is 1.58. The van der Waals surface area contributed by atoms with Crippen LogP contribution in [0.3, 0.4) is 0 Å². The van der Waals surface area contributed by atoms with E-state index in [1.54, 1.807) is 29.7 Å². The molecular weight excluding hydrogens is 1430 g/mol. The van der Waals surface area contributed by atoms with E-state index in [2.05, 4.69) is 68.3 Å². The second kappa shape index (κ2) is 34.2. The Balaban J connectivity index is 0.714. The predicted octanol–water partition coefficient (Wildman–Crippen LogP) is 11.3. The highest BCUT2D eigenvalue weighted by Gasteiger charge is 2.35. The number of aromatic amines is 4. The van der Waals surface area contributed by atoms with Crippen molar-refractivity contribution < 1.29 is 38.4 Å².